The maximum atomic E-state index is 10.5. The number of hydrogen-bond acceptors (Lipinski definition) is 5. The number of nitrogens with zero attached hydrogens (tertiary/aromatic N) is 1. The van der Waals surface area contributed by atoms with E-state index in [1.807, 2.05) is 30.3 Å². The highest BCUT2D eigenvalue weighted by Crippen LogP contribution is 2.03. The first-order valence-electron chi connectivity index (χ1n) is 4.65. The van der Waals surface area contributed by atoms with E-state index < -0.39 is 16.5 Å². The molecule has 0 aliphatic carbocycles. The van der Waals surface area contributed by atoms with Crippen molar-refractivity contribution in [3.63, 3.8) is 0 Å². The molecule has 0 fully saturated rings. The van der Waals surface area contributed by atoms with E-state index in [1.165, 1.54) is 0 Å². The van der Waals surface area contributed by atoms with E-state index in [0.717, 1.165) is 5.02 Å². The summed E-state index contributed by atoms with van der Waals surface area (Å²) in [7, 11) is -2.67. The van der Waals surface area contributed by atoms with Crippen molar-refractivity contribution in [2.24, 2.45) is 10.4 Å². The van der Waals surface area contributed by atoms with Crippen LogP contribution in [0, 0.1) is 5.92 Å². The van der Waals surface area contributed by atoms with Gasteiger partial charge in [0.1, 0.15) is 0 Å². The van der Waals surface area contributed by atoms with E-state index in [4.69, 9.17) is 11.6 Å². The molecule has 0 bridgehead atoms. The molecule has 0 aromatic heterocycles. The zero-order chi connectivity index (χ0) is 13.3. The van der Waals surface area contributed by atoms with Crippen molar-refractivity contribution >= 4 is 28.1 Å². The average Bonchev–Trinajstić information content (AvgIpc) is 2.27. The first kappa shape index (κ1) is 15.6. The minimum atomic E-state index is -2.67. The molecule has 17 heavy (non-hydrogen) atoms. The van der Waals surface area contributed by atoms with Crippen molar-refractivity contribution in [3.05, 3.63) is 35.4 Å². The van der Waals surface area contributed by atoms with Crippen molar-refractivity contribution < 1.29 is 18.0 Å². The molecule has 0 spiro atoms. The van der Waals surface area contributed by atoms with Crippen LogP contribution in [0.25, 0.3) is 0 Å². The summed E-state index contributed by atoms with van der Waals surface area (Å²) in [5.74, 6) is -1.03. The third-order valence-electron chi connectivity index (χ3n) is 1.39. The van der Waals surface area contributed by atoms with Crippen LogP contribution in [0.3, 0.4) is 0 Å². The van der Waals surface area contributed by atoms with Crippen LogP contribution in [-0.2, 0) is 20.1 Å². The maximum Gasteiger partial charge on any atom is 0.349 e. The van der Waals surface area contributed by atoms with E-state index in [0.29, 0.717) is 0 Å². The highest BCUT2D eigenvalue weighted by atomic mass is 35.5. The second-order valence-corrected chi connectivity index (χ2v) is 4.17. The second-order valence-electron chi connectivity index (χ2n) is 3.15. The summed E-state index contributed by atoms with van der Waals surface area (Å²) in [6, 6.07) is 9.44. The van der Waals surface area contributed by atoms with Crippen molar-refractivity contribution in [2.75, 3.05) is 0 Å². The van der Waals surface area contributed by atoms with Crippen LogP contribution in [-0.4, -0.2) is 14.4 Å². The zero-order valence-electron chi connectivity index (χ0n) is 9.33. The lowest BCUT2D eigenvalue weighted by molar-refractivity contribution is -0.147. The lowest BCUT2D eigenvalue weighted by Gasteiger charge is -1.95. The number of carbonyl (C=O) groups is 1. The fraction of sp³-hybridized carbons (Fsp3) is 0.300. The van der Waals surface area contributed by atoms with Gasteiger partial charge in [0.2, 0.25) is 0 Å². The first-order valence-corrected chi connectivity index (χ1v) is 6.06. The molecule has 0 heterocycles. The minimum absolute atomic E-state index is 0.368. The Balaban J connectivity index is 0.000000318. The molecule has 0 aliphatic rings. The van der Waals surface area contributed by atoms with Crippen LogP contribution in [0.5, 0.6) is 0 Å². The van der Waals surface area contributed by atoms with Crippen molar-refractivity contribution in [3.8, 4) is 0 Å². The van der Waals surface area contributed by atoms with Crippen LogP contribution in [0.4, 0.5) is 0 Å². The summed E-state index contributed by atoms with van der Waals surface area (Å²) in [5.41, 5.74) is 0. The summed E-state index contributed by atoms with van der Waals surface area (Å²) < 4.78 is 21.9. The largest absolute Gasteiger partial charge is 0.349 e. The molecule has 1 rings (SSSR count). The predicted octanol–water partition coefficient (Wildman–Crippen LogP) is 2.50. The Labute approximate surface area is 106 Å². The number of rotatable bonds is 2. The molecule has 1 aromatic rings. The summed E-state index contributed by atoms with van der Waals surface area (Å²) >= 11 is 5.54. The Bertz CT molecular complexity index is 462. The van der Waals surface area contributed by atoms with Crippen molar-refractivity contribution in [1.29, 1.82) is 0 Å². The first-order chi connectivity index (χ1) is 7.93. The van der Waals surface area contributed by atoms with Crippen LogP contribution in [0.15, 0.2) is 34.9 Å². The Morgan fingerprint density at radius 2 is 1.82 bits per heavy atom. The number of carbonyl (C=O) groups excluding carboxylic acids is 1. The van der Waals surface area contributed by atoms with E-state index in [9.17, 15) is 13.2 Å². The van der Waals surface area contributed by atoms with Gasteiger partial charge < -0.3 is 4.84 Å². The third-order valence-corrected chi connectivity index (χ3v) is 1.84. The van der Waals surface area contributed by atoms with E-state index in [2.05, 4.69) is 9.36 Å². The van der Waals surface area contributed by atoms with Crippen molar-refractivity contribution in [2.45, 2.75) is 13.8 Å². The van der Waals surface area contributed by atoms with Gasteiger partial charge in [0.05, 0.1) is 10.4 Å². The Morgan fingerprint density at radius 3 is 2.12 bits per heavy atom. The third kappa shape index (κ3) is 9.52. The fourth-order valence-electron chi connectivity index (χ4n) is 0.587. The fourth-order valence-corrected chi connectivity index (χ4v) is 0.867. The normalized spacial score (nSPS) is 8.94. The molecule has 0 atom stereocenters. The van der Waals surface area contributed by atoms with E-state index >= 15 is 0 Å². The molecule has 0 radical (unpaired) electrons. The molecular formula is C10H12ClNO4S. The number of hydrogen-bond donors (Lipinski definition) is 0. The molecule has 0 unspecified atom stereocenters. The van der Waals surface area contributed by atoms with Crippen molar-refractivity contribution in [1.82, 2.24) is 0 Å². The van der Waals surface area contributed by atoms with Gasteiger partial charge in [-0.05, 0) is 12.1 Å². The SMILES string of the molecule is CC(C)C(=O)ON=S(=O)=O.Clc1ccccc1. The minimum Gasteiger partial charge on any atom is -0.303 e. The maximum absolute atomic E-state index is 10.5. The summed E-state index contributed by atoms with van der Waals surface area (Å²) in [6.45, 7) is 3.15. The van der Waals surface area contributed by atoms with Crippen LogP contribution < -0.4 is 0 Å². The van der Waals surface area contributed by atoms with Gasteiger partial charge in [0.15, 0.2) is 0 Å². The van der Waals surface area contributed by atoms with Crippen LogP contribution in [0.2, 0.25) is 5.02 Å². The Hall–Kier alpha value is -1.40. The quantitative estimate of drug-likeness (QED) is 0.779. The van der Waals surface area contributed by atoms with Crippen LogP contribution >= 0.6 is 11.6 Å². The van der Waals surface area contributed by atoms with Gasteiger partial charge in [-0.3, -0.25) is 0 Å². The second kappa shape index (κ2) is 8.72. The monoisotopic (exact) mass is 277 g/mol. The van der Waals surface area contributed by atoms with E-state index in [1.54, 1.807) is 13.8 Å². The molecule has 5 nitrogen and oxygen atoms in total. The molecule has 0 N–H and O–H groups in total. The topological polar surface area (TPSA) is 72.8 Å². The zero-order valence-corrected chi connectivity index (χ0v) is 10.9. The van der Waals surface area contributed by atoms with Gasteiger partial charge in [-0.15, -0.1) is 0 Å². The molecule has 1 aromatic carbocycles. The lowest BCUT2D eigenvalue weighted by atomic mass is 10.2. The predicted molar refractivity (Wildman–Crippen MR) is 63.7 cm³/mol. The molecule has 94 valence electrons. The molecule has 0 saturated carbocycles. The summed E-state index contributed by atoms with van der Waals surface area (Å²) in [4.78, 5) is 14.4. The van der Waals surface area contributed by atoms with Gasteiger partial charge >= 0.3 is 16.5 Å². The number of benzene rings is 1. The molecular weight excluding hydrogens is 266 g/mol. The lowest BCUT2D eigenvalue weighted by Crippen LogP contribution is -2.07. The highest BCUT2D eigenvalue weighted by molar-refractivity contribution is 7.61. The average molecular weight is 278 g/mol. The summed E-state index contributed by atoms with van der Waals surface area (Å²) in [5, 5.41) is 0.794. The highest BCUT2D eigenvalue weighted by Gasteiger charge is 2.07. The smallest absolute Gasteiger partial charge is 0.303 e. The standard InChI is InChI=1S/C6H5Cl.C4H7NO4S/c7-6-4-2-1-3-5-6;1-3(2)4(6)9-5-10(7)8/h1-5H;3H,1-2H3. The van der Waals surface area contributed by atoms with Gasteiger partial charge in [0.25, 0.3) is 0 Å². The van der Waals surface area contributed by atoms with Gasteiger partial charge in [0, 0.05) is 5.02 Å². The van der Waals surface area contributed by atoms with Gasteiger partial charge in [-0.1, -0.05) is 43.6 Å². The molecule has 0 aliphatic heterocycles. The van der Waals surface area contributed by atoms with Gasteiger partial charge in [-0.25, -0.2) is 4.79 Å². The number of halogens is 1. The molecule has 0 amide bonds. The van der Waals surface area contributed by atoms with Gasteiger partial charge in [-0.2, -0.15) is 8.42 Å². The molecule has 7 heteroatoms. The van der Waals surface area contributed by atoms with Crippen LogP contribution in [0.1, 0.15) is 13.8 Å². The molecule has 0 saturated heterocycles. The summed E-state index contributed by atoms with van der Waals surface area (Å²) in [6.07, 6.45) is 0. The Kier molecular flexibility index (Phi) is 8.00. The van der Waals surface area contributed by atoms with E-state index in [-0.39, 0.29) is 5.92 Å². The Morgan fingerprint density at radius 1 is 1.29 bits per heavy atom.